The van der Waals surface area contributed by atoms with E-state index in [2.05, 4.69) is 15.5 Å². The fourth-order valence-electron chi connectivity index (χ4n) is 3.23. The SMILES string of the molecule is O=C(Nc1nnc2ccccn12)c1ccc2c(c1)C(=O)N(Cc1ccco1)C2=O. The number of imide groups is 1. The van der Waals surface area contributed by atoms with E-state index in [1.54, 1.807) is 34.9 Å². The predicted octanol–water partition coefficient (Wildman–Crippen LogP) is 2.37. The number of carbonyl (C=O) groups is 3. The quantitative estimate of drug-likeness (QED) is 0.539. The molecule has 29 heavy (non-hydrogen) atoms. The highest BCUT2D eigenvalue weighted by molar-refractivity contribution is 6.22. The summed E-state index contributed by atoms with van der Waals surface area (Å²) in [5, 5.41) is 10.6. The number of anilines is 1. The third-order valence-corrected chi connectivity index (χ3v) is 4.67. The second-order valence-corrected chi connectivity index (χ2v) is 6.44. The molecule has 3 amide bonds. The van der Waals surface area contributed by atoms with Crippen LogP contribution >= 0.6 is 0 Å². The molecule has 0 radical (unpaired) electrons. The molecule has 0 saturated carbocycles. The zero-order valence-corrected chi connectivity index (χ0v) is 14.9. The number of fused-ring (bicyclic) bond motifs is 2. The Labute approximate surface area is 163 Å². The maximum absolute atomic E-state index is 12.7. The molecule has 1 N–H and O–H groups in total. The molecule has 5 rings (SSSR count). The normalized spacial score (nSPS) is 13.2. The lowest BCUT2D eigenvalue weighted by atomic mass is 10.1. The summed E-state index contributed by atoms with van der Waals surface area (Å²) < 4.78 is 6.85. The van der Waals surface area contributed by atoms with Gasteiger partial charge in [-0.25, -0.2) is 0 Å². The first-order valence-electron chi connectivity index (χ1n) is 8.75. The van der Waals surface area contributed by atoms with Gasteiger partial charge in [-0.2, -0.15) is 0 Å². The minimum Gasteiger partial charge on any atom is -0.467 e. The molecule has 9 nitrogen and oxygen atoms in total. The Hall–Kier alpha value is -4.27. The van der Waals surface area contributed by atoms with Crippen molar-refractivity contribution in [2.45, 2.75) is 6.54 Å². The first-order chi connectivity index (χ1) is 14.1. The average molecular weight is 387 g/mol. The van der Waals surface area contributed by atoms with Crippen LogP contribution in [0.5, 0.6) is 0 Å². The predicted molar refractivity (Wildman–Crippen MR) is 100 cm³/mol. The van der Waals surface area contributed by atoms with Crippen molar-refractivity contribution in [2.75, 3.05) is 5.32 Å². The van der Waals surface area contributed by atoms with E-state index in [1.165, 1.54) is 24.5 Å². The molecule has 1 aromatic carbocycles. The molecule has 0 atom stereocenters. The van der Waals surface area contributed by atoms with E-state index in [4.69, 9.17) is 4.42 Å². The van der Waals surface area contributed by atoms with E-state index < -0.39 is 17.7 Å². The molecule has 4 aromatic rings. The number of carbonyl (C=O) groups excluding carboxylic acids is 3. The molecule has 0 aliphatic carbocycles. The smallest absolute Gasteiger partial charge is 0.261 e. The highest BCUT2D eigenvalue weighted by atomic mass is 16.3. The number of benzene rings is 1. The Bertz CT molecular complexity index is 1280. The lowest BCUT2D eigenvalue weighted by Gasteiger charge is -2.11. The minimum absolute atomic E-state index is 0.0343. The summed E-state index contributed by atoms with van der Waals surface area (Å²) in [4.78, 5) is 39.0. The number of aromatic nitrogens is 3. The molecule has 0 spiro atoms. The molecule has 0 bridgehead atoms. The van der Waals surface area contributed by atoms with Gasteiger partial charge in [0.2, 0.25) is 5.95 Å². The average Bonchev–Trinajstić information content (AvgIpc) is 3.45. The first kappa shape index (κ1) is 16.9. The van der Waals surface area contributed by atoms with Crippen molar-refractivity contribution in [3.8, 4) is 0 Å². The van der Waals surface area contributed by atoms with Gasteiger partial charge in [0, 0.05) is 11.8 Å². The van der Waals surface area contributed by atoms with Crippen LogP contribution in [-0.4, -0.2) is 37.2 Å². The number of hydrogen-bond donors (Lipinski definition) is 1. The Morgan fingerprint density at radius 3 is 2.69 bits per heavy atom. The molecule has 4 heterocycles. The van der Waals surface area contributed by atoms with Crippen LogP contribution < -0.4 is 5.32 Å². The Morgan fingerprint density at radius 1 is 1.00 bits per heavy atom. The Morgan fingerprint density at radius 2 is 1.86 bits per heavy atom. The number of furan rings is 1. The van der Waals surface area contributed by atoms with Gasteiger partial charge >= 0.3 is 0 Å². The maximum atomic E-state index is 12.7. The van der Waals surface area contributed by atoms with Crippen LogP contribution in [0.2, 0.25) is 0 Å². The lowest BCUT2D eigenvalue weighted by Crippen LogP contribution is -2.28. The summed E-state index contributed by atoms with van der Waals surface area (Å²) >= 11 is 0. The van der Waals surface area contributed by atoms with Gasteiger partial charge in [0.15, 0.2) is 5.65 Å². The Kier molecular flexibility index (Phi) is 3.73. The molecule has 9 heteroatoms. The molecule has 142 valence electrons. The molecule has 0 saturated heterocycles. The van der Waals surface area contributed by atoms with Crippen molar-refractivity contribution >= 4 is 29.3 Å². The number of hydrogen-bond acceptors (Lipinski definition) is 6. The third kappa shape index (κ3) is 2.76. The number of amides is 3. The van der Waals surface area contributed by atoms with Crippen molar-refractivity contribution in [3.05, 3.63) is 83.4 Å². The maximum Gasteiger partial charge on any atom is 0.261 e. The number of rotatable bonds is 4. The Balaban J connectivity index is 1.41. The molecule has 1 aliphatic rings. The van der Waals surface area contributed by atoms with Gasteiger partial charge < -0.3 is 4.42 Å². The molecule has 0 unspecified atom stereocenters. The van der Waals surface area contributed by atoms with Crippen molar-refractivity contribution in [3.63, 3.8) is 0 Å². The number of pyridine rings is 1. The van der Waals surface area contributed by atoms with Gasteiger partial charge in [-0.05, 0) is 42.5 Å². The monoisotopic (exact) mass is 387 g/mol. The highest BCUT2D eigenvalue weighted by Crippen LogP contribution is 2.26. The standard InChI is InChI=1S/C20H13N5O4/c26-17(21-20-23-22-16-5-1-2-8-24(16)20)12-6-7-14-15(10-12)19(28)25(18(14)27)11-13-4-3-9-29-13/h1-10H,11H2,(H,21,23,26). The van der Waals surface area contributed by atoms with Crippen molar-refractivity contribution in [2.24, 2.45) is 0 Å². The van der Waals surface area contributed by atoms with Crippen LogP contribution in [0.4, 0.5) is 5.95 Å². The van der Waals surface area contributed by atoms with Gasteiger partial charge in [-0.15, -0.1) is 10.2 Å². The summed E-state index contributed by atoms with van der Waals surface area (Å²) in [6.07, 6.45) is 3.20. The van der Waals surface area contributed by atoms with Crippen molar-refractivity contribution in [1.29, 1.82) is 0 Å². The number of nitrogens with zero attached hydrogens (tertiary/aromatic N) is 4. The van der Waals surface area contributed by atoms with Crippen LogP contribution in [0.25, 0.3) is 5.65 Å². The van der Waals surface area contributed by atoms with Crippen molar-refractivity contribution in [1.82, 2.24) is 19.5 Å². The van der Waals surface area contributed by atoms with Gasteiger partial charge in [0.1, 0.15) is 5.76 Å². The summed E-state index contributed by atoms with van der Waals surface area (Å²) in [7, 11) is 0. The van der Waals surface area contributed by atoms with E-state index >= 15 is 0 Å². The minimum atomic E-state index is -0.469. The largest absolute Gasteiger partial charge is 0.467 e. The van der Waals surface area contributed by atoms with E-state index in [0.29, 0.717) is 11.4 Å². The second-order valence-electron chi connectivity index (χ2n) is 6.44. The molecular formula is C20H13N5O4. The van der Waals surface area contributed by atoms with Gasteiger partial charge in [-0.1, -0.05) is 6.07 Å². The summed E-state index contributed by atoms with van der Waals surface area (Å²) in [5.41, 5.74) is 1.26. The van der Waals surface area contributed by atoms with Crippen LogP contribution in [0, 0.1) is 0 Å². The van der Waals surface area contributed by atoms with Crippen LogP contribution in [-0.2, 0) is 6.54 Å². The van der Waals surface area contributed by atoms with E-state index in [-0.39, 0.29) is 29.2 Å². The van der Waals surface area contributed by atoms with Crippen LogP contribution in [0.3, 0.4) is 0 Å². The number of nitrogens with one attached hydrogen (secondary N) is 1. The molecule has 0 fully saturated rings. The summed E-state index contributed by atoms with van der Waals surface area (Å²) in [5.74, 6) is -0.597. The van der Waals surface area contributed by atoms with Crippen molar-refractivity contribution < 1.29 is 18.8 Å². The lowest BCUT2D eigenvalue weighted by molar-refractivity contribution is 0.0631. The van der Waals surface area contributed by atoms with Gasteiger partial charge in [0.05, 0.1) is 23.9 Å². The molecule has 1 aliphatic heterocycles. The zero-order valence-electron chi connectivity index (χ0n) is 14.9. The summed E-state index contributed by atoms with van der Waals surface area (Å²) in [6, 6.07) is 13.1. The van der Waals surface area contributed by atoms with Crippen LogP contribution in [0.1, 0.15) is 36.8 Å². The fraction of sp³-hybridized carbons (Fsp3) is 0.0500. The van der Waals surface area contributed by atoms with E-state index in [1.807, 2.05) is 6.07 Å². The van der Waals surface area contributed by atoms with Gasteiger partial charge in [0.25, 0.3) is 17.7 Å². The first-order valence-corrected chi connectivity index (χ1v) is 8.75. The zero-order chi connectivity index (χ0) is 20.0. The topological polar surface area (TPSA) is 110 Å². The molecule has 3 aromatic heterocycles. The molecular weight excluding hydrogens is 374 g/mol. The highest BCUT2D eigenvalue weighted by Gasteiger charge is 2.36. The third-order valence-electron chi connectivity index (χ3n) is 4.67. The fourth-order valence-corrected chi connectivity index (χ4v) is 3.23. The van der Waals surface area contributed by atoms with E-state index in [9.17, 15) is 14.4 Å². The summed E-state index contributed by atoms with van der Waals surface area (Å²) in [6.45, 7) is 0.0343. The van der Waals surface area contributed by atoms with E-state index in [0.717, 1.165) is 4.90 Å². The van der Waals surface area contributed by atoms with Gasteiger partial charge in [-0.3, -0.25) is 29.0 Å². The van der Waals surface area contributed by atoms with Crippen LogP contribution in [0.15, 0.2) is 65.4 Å². The second kappa shape index (κ2) is 6.41.